The van der Waals surface area contributed by atoms with Crippen molar-refractivity contribution in [3.8, 4) is 16.9 Å². The SMILES string of the molecule is Cc1nc(-c2ccc3c4ccccc4n(-c4ccccc4)c3c2)c2c(n1)oc1ccccc12. The average molecular weight is 425 g/mol. The highest BCUT2D eigenvalue weighted by Gasteiger charge is 2.18. The van der Waals surface area contributed by atoms with E-state index in [0.29, 0.717) is 11.5 Å². The van der Waals surface area contributed by atoms with Gasteiger partial charge in [0, 0.05) is 27.4 Å². The minimum atomic E-state index is 0.627. The van der Waals surface area contributed by atoms with Crippen LogP contribution in [0, 0.1) is 6.92 Å². The lowest BCUT2D eigenvalue weighted by Gasteiger charge is -2.09. The first-order valence-electron chi connectivity index (χ1n) is 11.0. The van der Waals surface area contributed by atoms with E-state index in [2.05, 4.69) is 82.3 Å². The summed E-state index contributed by atoms with van der Waals surface area (Å²) in [5.41, 5.74) is 6.87. The largest absolute Gasteiger partial charge is 0.438 e. The lowest BCUT2D eigenvalue weighted by atomic mass is 10.0. The number of aromatic nitrogens is 3. The molecule has 4 aromatic carbocycles. The molecule has 0 fully saturated rings. The van der Waals surface area contributed by atoms with Crippen molar-refractivity contribution in [2.75, 3.05) is 0 Å². The molecule has 7 aromatic rings. The molecule has 0 saturated carbocycles. The summed E-state index contributed by atoms with van der Waals surface area (Å²) in [5.74, 6) is 0.695. The quantitative estimate of drug-likeness (QED) is 0.289. The Bertz CT molecular complexity index is 1830. The summed E-state index contributed by atoms with van der Waals surface area (Å²) in [6, 6.07) is 33.7. The highest BCUT2D eigenvalue weighted by molar-refractivity contribution is 6.13. The van der Waals surface area contributed by atoms with E-state index in [1.54, 1.807) is 0 Å². The van der Waals surface area contributed by atoms with Crippen LogP contribution in [0.1, 0.15) is 5.82 Å². The minimum Gasteiger partial charge on any atom is -0.438 e. The molecule has 3 aromatic heterocycles. The van der Waals surface area contributed by atoms with Crippen LogP contribution in [0.5, 0.6) is 0 Å². The highest BCUT2D eigenvalue weighted by atomic mass is 16.3. The number of hydrogen-bond donors (Lipinski definition) is 0. The summed E-state index contributed by atoms with van der Waals surface area (Å²) in [5, 5.41) is 4.45. The maximum Gasteiger partial charge on any atom is 0.231 e. The fourth-order valence-corrected chi connectivity index (χ4v) is 4.91. The van der Waals surface area contributed by atoms with Crippen molar-refractivity contribution in [3.63, 3.8) is 0 Å². The molecule has 4 heteroatoms. The summed E-state index contributed by atoms with van der Waals surface area (Å²) in [6.07, 6.45) is 0. The van der Waals surface area contributed by atoms with Gasteiger partial charge in [-0.25, -0.2) is 4.98 Å². The van der Waals surface area contributed by atoms with Gasteiger partial charge in [-0.15, -0.1) is 0 Å². The van der Waals surface area contributed by atoms with E-state index in [-0.39, 0.29) is 0 Å². The normalized spacial score (nSPS) is 11.8. The molecule has 0 saturated heterocycles. The molecule has 4 nitrogen and oxygen atoms in total. The second-order valence-electron chi connectivity index (χ2n) is 8.32. The van der Waals surface area contributed by atoms with Gasteiger partial charge < -0.3 is 8.98 Å². The van der Waals surface area contributed by atoms with Gasteiger partial charge in [-0.3, -0.25) is 0 Å². The fraction of sp³-hybridized carbons (Fsp3) is 0.0345. The molecule has 0 atom stereocenters. The number of rotatable bonds is 2. The summed E-state index contributed by atoms with van der Waals surface area (Å²) in [4.78, 5) is 9.45. The molecule has 0 spiro atoms. The van der Waals surface area contributed by atoms with E-state index < -0.39 is 0 Å². The summed E-state index contributed by atoms with van der Waals surface area (Å²) in [6.45, 7) is 1.91. The Labute approximate surface area is 189 Å². The topological polar surface area (TPSA) is 43.9 Å². The molecule has 0 aliphatic rings. The van der Waals surface area contributed by atoms with E-state index in [1.807, 2.05) is 31.2 Å². The molecular formula is C29H19N3O. The number of fused-ring (bicyclic) bond motifs is 6. The number of aryl methyl sites for hydroxylation is 1. The smallest absolute Gasteiger partial charge is 0.231 e. The molecule has 156 valence electrons. The Morgan fingerprint density at radius 2 is 1.39 bits per heavy atom. The number of furan rings is 1. The van der Waals surface area contributed by atoms with Crippen LogP contribution in [0.15, 0.2) is 101 Å². The molecule has 0 aliphatic carbocycles. The predicted molar refractivity (Wildman–Crippen MR) is 134 cm³/mol. The Morgan fingerprint density at radius 3 is 2.27 bits per heavy atom. The number of para-hydroxylation sites is 3. The Hall–Kier alpha value is -4.44. The summed E-state index contributed by atoms with van der Waals surface area (Å²) < 4.78 is 8.39. The Morgan fingerprint density at radius 1 is 0.667 bits per heavy atom. The van der Waals surface area contributed by atoms with Crippen LogP contribution in [0.25, 0.3) is 60.8 Å². The monoisotopic (exact) mass is 425 g/mol. The third-order valence-electron chi connectivity index (χ3n) is 6.31. The number of hydrogen-bond acceptors (Lipinski definition) is 3. The van der Waals surface area contributed by atoms with Gasteiger partial charge in [0.25, 0.3) is 0 Å². The van der Waals surface area contributed by atoms with Crippen LogP contribution in [0.4, 0.5) is 0 Å². The third-order valence-corrected chi connectivity index (χ3v) is 6.31. The van der Waals surface area contributed by atoms with Gasteiger partial charge in [-0.2, -0.15) is 4.98 Å². The van der Waals surface area contributed by atoms with E-state index in [4.69, 9.17) is 9.40 Å². The zero-order valence-corrected chi connectivity index (χ0v) is 18.0. The molecule has 3 heterocycles. The average Bonchev–Trinajstić information content (AvgIpc) is 3.39. The van der Waals surface area contributed by atoms with Gasteiger partial charge in [-0.05, 0) is 37.3 Å². The highest BCUT2D eigenvalue weighted by Crippen LogP contribution is 2.38. The number of nitrogens with zero attached hydrogens (tertiary/aromatic N) is 3. The van der Waals surface area contributed by atoms with Crippen LogP contribution < -0.4 is 0 Å². The van der Waals surface area contributed by atoms with Gasteiger partial charge in [0.1, 0.15) is 11.4 Å². The molecule has 7 rings (SSSR count). The standard InChI is InChI=1S/C29H19N3O/c1-18-30-28(27-23-12-6-8-14-26(23)33-29(27)31-18)19-15-16-22-21-11-5-7-13-24(21)32(25(22)17-19)20-9-3-2-4-10-20/h2-17H,1H3. The Kier molecular flexibility index (Phi) is 3.73. The van der Waals surface area contributed by atoms with Crippen LogP contribution in [0.2, 0.25) is 0 Å². The van der Waals surface area contributed by atoms with Gasteiger partial charge in [0.2, 0.25) is 5.71 Å². The Balaban J connectivity index is 1.59. The third kappa shape index (κ3) is 2.64. The zero-order valence-electron chi connectivity index (χ0n) is 18.0. The van der Waals surface area contributed by atoms with Crippen LogP contribution in [-0.4, -0.2) is 14.5 Å². The predicted octanol–water partition coefficient (Wildman–Crippen LogP) is 7.45. The van der Waals surface area contributed by atoms with Crippen molar-refractivity contribution < 1.29 is 4.42 Å². The fourth-order valence-electron chi connectivity index (χ4n) is 4.91. The zero-order chi connectivity index (χ0) is 21.9. The second-order valence-corrected chi connectivity index (χ2v) is 8.32. The van der Waals surface area contributed by atoms with Crippen molar-refractivity contribution in [2.24, 2.45) is 0 Å². The molecule has 0 radical (unpaired) electrons. The van der Waals surface area contributed by atoms with Crippen molar-refractivity contribution in [2.45, 2.75) is 6.92 Å². The molecule has 0 bridgehead atoms. The second kappa shape index (κ2) is 6.78. The van der Waals surface area contributed by atoms with Crippen molar-refractivity contribution in [1.29, 1.82) is 0 Å². The van der Waals surface area contributed by atoms with Gasteiger partial charge >= 0.3 is 0 Å². The van der Waals surface area contributed by atoms with Crippen molar-refractivity contribution in [3.05, 3.63) is 103 Å². The molecule has 0 amide bonds. The first kappa shape index (κ1) is 18.2. The molecule has 0 aliphatic heterocycles. The van der Waals surface area contributed by atoms with E-state index >= 15 is 0 Å². The van der Waals surface area contributed by atoms with Crippen LogP contribution in [-0.2, 0) is 0 Å². The van der Waals surface area contributed by atoms with Gasteiger partial charge in [-0.1, -0.05) is 66.7 Å². The molecular weight excluding hydrogens is 406 g/mol. The first-order valence-corrected chi connectivity index (χ1v) is 11.0. The maximum absolute atomic E-state index is 6.07. The summed E-state index contributed by atoms with van der Waals surface area (Å²) in [7, 11) is 0. The molecule has 33 heavy (non-hydrogen) atoms. The van der Waals surface area contributed by atoms with Crippen molar-refractivity contribution in [1.82, 2.24) is 14.5 Å². The van der Waals surface area contributed by atoms with Crippen molar-refractivity contribution >= 4 is 43.9 Å². The van der Waals surface area contributed by atoms with E-state index in [1.165, 1.54) is 16.3 Å². The summed E-state index contributed by atoms with van der Waals surface area (Å²) >= 11 is 0. The lowest BCUT2D eigenvalue weighted by Crippen LogP contribution is -1.95. The van der Waals surface area contributed by atoms with Crippen LogP contribution in [0.3, 0.4) is 0 Å². The number of benzene rings is 4. The van der Waals surface area contributed by atoms with E-state index in [9.17, 15) is 0 Å². The minimum absolute atomic E-state index is 0.627. The van der Waals surface area contributed by atoms with Gasteiger partial charge in [0.15, 0.2) is 0 Å². The first-order chi connectivity index (χ1) is 16.3. The lowest BCUT2D eigenvalue weighted by molar-refractivity contribution is 0.651. The van der Waals surface area contributed by atoms with E-state index in [0.717, 1.165) is 38.8 Å². The molecule has 0 unspecified atom stereocenters. The molecule has 0 N–H and O–H groups in total. The van der Waals surface area contributed by atoms with Gasteiger partial charge in [0.05, 0.1) is 22.1 Å². The van der Waals surface area contributed by atoms with Crippen LogP contribution >= 0.6 is 0 Å². The maximum atomic E-state index is 6.07.